The number of rotatable bonds is 5. The first kappa shape index (κ1) is 18.1. The van der Waals surface area contributed by atoms with Gasteiger partial charge in [-0.05, 0) is 31.0 Å². The van der Waals surface area contributed by atoms with Gasteiger partial charge in [0.15, 0.2) is 0 Å². The summed E-state index contributed by atoms with van der Waals surface area (Å²) in [7, 11) is 0. The summed E-state index contributed by atoms with van der Waals surface area (Å²) in [6, 6.07) is 4.42. The average molecular weight is 366 g/mol. The molecule has 1 fully saturated rings. The van der Waals surface area contributed by atoms with E-state index in [2.05, 4.69) is 20.6 Å². The summed E-state index contributed by atoms with van der Waals surface area (Å²) in [5, 5.41) is 5.43. The highest BCUT2D eigenvalue weighted by Crippen LogP contribution is 2.30. The van der Waals surface area contributed by atoms with Crippen molar-refractivity contribution in [2.75, 3.05) is 23.8 Å². The highest BCUT2D eigenvalue weighted by molar-refractivity contribution is 6.03. The van der Waals surface area contributed by atoms with Gasteiger partial charge in [0.05, 0.1) is 17.2 Å². The van der Waals surface area contributed by atoms with E-state index in [1.807, 2.05) is 0 Å². The molecular formula is C17H17F3N4O2. The van der Waals surface area contributed by atoms with Crippen LogP contribution in [0.1, 0.15) is 28.8 Å². The van der Waals surface area contributed by atoms with Crippen molar-refractivity contribution in [1.82, 2.24) is 9.97 Å². The Morgan fingerprint density at radius 1 is 1.27 bits per heavy atom. The third kappa shape index (κ3) is 4.69. The maximum Gasteiger partial charge on any atom is 0.416 e. The molecule has 0 spiro atoms. The summed E-state index contributed by atoms with van der Waals surface area (Å²) in [6.07, 6.45) is 0.288. The molecule has 1 unspecified atom stereocenters. The van der Waals surface area contributed by atoms with E-state index in [4.69, 9.17) is 4.74 Å². The third-order valence-corrected chi connectivity index (χ3v) is 3.87. The topological polar surface area (TPSA) is 76.1 Å². The summed E-state index contributed by atoms with van der Waals surface area (Å²) in [5.41, 5.74) is -0.643. The molecule has 0 aliphatic carbocycles. The zero-order valence-corrected chi connectivity index (χ0v) is 13.7. The number of carbonyl (C=O) groups excluding carboxylic acids is 1. The molecule has 6 nitrogen and oxygen atoms in total. The van der Waals surface area contributed by atoms with Crippen LogP contribution in [0.25, 0.3) is 0 Å². The standard InChI is InChI=1S/C17H17F3N4O2/c18-17(19,20)12-3-1-4-13(7-12)24-15(25)11-8-21-16(22-9-11)23-10-14-5-2-6-26-14/h1,3-4,7-9,14H,2,5-6,10H2,(H,24,25)(H,21,22,23). The lowest BCUT2D eigenvalue weighted by Gasteiger charge is -2.11. The minimum atomic E-state index is -4.47. The van der Waals surface area contributed by atoms with E-state index in [0.29, 0.717) is 12.5 Å². The number of benzene rings is 1. The Hall–Kier alpha value is -2.68. The molecule has 0 saturated carbocycles. The fraction of sp³-hybridized carbons (Fsp3) is 0.353. The largest absolute Gasteiger partial charge is 0.416 e. The predicted molar refractivity (Wildman–Crippen MR) is 88.9 cm³/mol. The highest BCUT2D eigenvalue weighted by Gasteiger charge is 2.30. The fourth-order valence-corrected chi connectivity index (χ4v) is 2.52. The number of anilines is 2. The normalized spacial score (nSPS) is 17.1. The van der Waals surface area contributed by atoms with Gasteiger partial charge in [-0.3, -0.25) is 4.79 Å². The Labute approximate surface area is 147 Å². The number of hydrogen-bond acceptors (Lipinski definition) is 5. The van der Waals surface area contributed by atoms with E-state index in [0.717, 1.165) is 31.6 Å². The van der Waals surface area contributed by atoms with Gasteiger partial charge in [-0.2, -0.15) is 13.2 Å². The predicted octanol–water partition coefficient (Wildman–Crippen LogP) is 3.34. The molecule has 2 aromatic rings. The molecule has 1 aliphatic rings. The van der Waals surface area contributed by atoms with Crippen LogP contribution in [0, 0.1) is 0 Å². The van der Waals surface area contributed by atoms with Crippen LogP contribution >= 0.6 is 0 Å². The number of halogens is 3. The van der Waals surface area contributed by atoms with Crippen LogP contribution in [0.4, 0.5) is 24.8 Å². The first-order valence-corrected chi connectivity index (χ1v) is 8.08. The maximum absolute atomic E-state index is 12.7. The highest BCUT2D eigenvalue weighted by atomic mass is 19.4. The molecule has 1 amide bonds. The average Bonchev–Trinajstić information content (AvgIpc) is 3.13. The third-order valence-electron chi connectivity index (χ3n) is 3.87. The van der Waals surface area contributed by atoms with E-state index in [1.54, 1.807) is 0 Å². The molecule has 26 heavy (non-hydrogen) atoms. The van der Waals surface area contributed by atoms with E-state index in [-0.39, 0.29) is 17.4 Å². The van der Waals surface area contributed by atoms with Crippen LogP contribution in [0.5, 0.6) is 0 Å². The van der Waals surface area contributed by atoms with Gasteiger partial charge in [-0.15, -0.1) is 0 Å². The fourth-order valence-electron chi connectivity index (χ4n) is 2.52. The lowest BCUT2D eigenvalue weighted by Crippen LogP contribution is -2.20. The maximum atomic E-state index is 12.7. The molecule has 0 bridgehead atoms. The number of amides is 1. The summed E-state index contributed by atoms with van der Waals surface area (Å²) in [5.74, 6) is -0.230. The Kier molecular flexibility index (Phi) is 5.36. The molecule has 1 saturated heterocycles. The number of alkyl halides is 3. The number of carbonyl (C=O) groups is 1. The molecule has 1 aromatic carbocycles. The molecule has 1 aliphatic heterocycles. The zero-order valence-electron chi connectivity index (χ0n) is 13.7. The van der Waals surface area contributed by atoms with Gasteiger partial charge in [0.25, 0.3) is 5.91 Å². The monoisotopic (exact) mass is 366 g/mol. The van der Waals surface area contributed by atoms with E-state index >= 15 is 0 Å². The van der Waals surface area contributed by atoms with Gasteiger partial charge in [0.1, 0.15) is 0 Å². The van der Waals surface area contributed by atoms with Crippen LogP contribution in [0.3, 0.4) is 0 Å². The van der Waals surface area contributed by atoms with Crippen molar-refractivity contribution in [1.29, 1.82) is 0 Å². The van der Waals surface area contributed by atoms with Crippen LogP contribution < -0.4 is 10.6 Å². The van der Waals surface area contributed by atoms with Crippen molar-refractivity contribution in [3.05, 3.63) is 47.8 Å². The molecule has 2 heterocycles. The summed E-state index contributed by atoms with van der Waals surface area (Å²) >= 11 is 0. The quantitative estimate of drug-likeness (QED) is 0.849. The van der Waals surface area contributed by atoms with Crippen molar-refractivity contribution >= 4 is 17.5 Å². The number of hydrogen-bond donors (Lipinski definition) is 2. The molecule has 0 radical (unpaired) electrons. The van der Waals surface area contributed by atoms with Gasteiger partial charge in [0, 0.05) is 31.2 Å². The molecule has 1 atom stereocenters. The second-order valence-corrected chi connectivity index (χ2v) is 5.84. The smallest absolute Gasteiger partial charge is 0.376 e. The van der Waals surface area contributed by atoms with Crippen molar-refractivity contribution in [2.24, 2.45) is 0 Å². The van der Waals surface area contributed by atoms with E-state index in [9.17, 15) is 18.0 Å². The van der Waals surface area contributed by atoms with Crippen molar-refractivity contribution in [3.63, 3.8) is 0 Å². The van der Waals surface area contributed by atoms with Crippen molar-refractivity contribution in [3.8, 4) is 0 Å². The van der Waals surface area contributed by atoms with Crippen molar-refractivity contribution in [2.45, 2.75) is 25.1 Å². The van der Waals surface area contributed by atoms with Gasteiger partial charge in [-0.25, -0.2) is 9.97 Å². The van der Waals surface area contributed by atoms with Gasteiger partial charge >= 0.3 is 6.18 Å². The molecule has 138 valence electrons. The van der Waals surface area contributed by atoms with Crippen LogP contribution in [0.15, 0.2) is 36.7 Å². The van der Waals surface area contributed by atoms with E-state index < -0.39 is 17.6 Å². The molecule has 2 N–H and O–H groups in total. The second-order valence-electron chi connectivity index (χ2n) is 5.84. The van der Waals surface area contributed by atoms with Crippen LogP contribution in [0.2, 0.25) is 0 Å². The number of aromatic nitrogens is 2. The number of ether oxygens (including phenoxy) is 1. The summed E-state index contributed by atoms with van der Waals surface area (Å²) < 4.78 is 43.6. The first-order chi connectivity index (χ1) is 12.4. The van der Waals surface area contributed by atoms with Gasteiger partial charge in [-0.1, -0.05) is 6.07 Å². The lowest BCUT2D eigenvalue weighted by molar-refractivity contribution is -0.137. The lowest BCUT2D eigenvalue weighted by atomic mass is 10.2. The van der Waals surface area contributed by atoms with Gasteiger partial charge < -0.3 is 15.4 Å². The summed E-state index contributed by atoms with van der Waals surface area (Å²) in [4.78, 5) is 20.2. The molecular weight excluding hydrogens is 349 g/mol. The zero-order chi connectivity index (χ0) is 18.6. The van der Waals surface area contributed by atoms with E-state index in [1.165, 1.54) is 24.5 Å². The second kappa shape index (κ2) is 7.69. The van der Waals surface area contributed by atoms with Crippen LogP contribution in [-0.4, -0.2) is 35.1 Å². The van der Waals surface area contributed by atoms with Gasteiger partial charge in [0.2, 0.25) is 5.95 Å². The Morgan fingerprint density at radius 2 is 2.04 bits per heavy atom. The molecule has 9 heteroatoms. The molecule has 1 aromatic heterocycles. The number of nitrogens with zero attached hydrogens (tertiary/aromatic N) is 2. The summed E-state index contributed by atoms with van der Waals surface area (Å²) in [6.45, 7) is 1.33. The minimum absolute atomic E-state index is 0.0467. The Morgan fingerprint density at radius 3 is 2.69 bits per heavy atom. The Bertz CT molecular complexity index is 759. The Balaban J connectivity index is 1.59. The van der Waals surface area contributed by atoms with Crippen molar-refractivity contribution < 1.29 is 22.7 Å². The first-order valence-electron chi connectivity index (χ1n) is 8.08. The minimum Gasteiger partial charge on any atom is -0.376 e. The SMILES string of the molecule is O=C(Nc1cccc(C(F)(F)F)c1)c1cnc(NCC2CCCO2)nc1. The van der Waals surface area contributed by atoms with Crippen LogP contribution in [-0.2, 0) is 10.9 Å². The number of nitrogens with one attached hydrogen (secondary N) is 2. The molecule has 3 rings (SSSR count).